The van der Waals surface area contributed by atoms with Crippen LogP contribution in [0.4, 0.5) is 10.1 Å². The van der Waals surface area contributed by atoms with Gasteiger partial charge in [0.05, 0.1) is 0 Å². The van der Waals surface area contributed by atoms with Gasteiger partial charge in [0.25, 0.3) is 0 Å². The summed E-state index contributed by atoms with van der Waals surface area (Å²) in [7, 11) is 1.97. The van der Waals surface area contributed by atoms with Crippen LogP contribution < -0.4 is 5.73 Å². The minimum atomic E-state index is -0.159. The van der Waals surface area contributed by atoms with Crippen LogP contribution in [0, 0.1) is 5.82 Å². The lowest BCUT2D eigenvalue weighted by molar-refractivity contribution is 0.313. The molecule has 0 unspecified atom stereocenters. The van der Waals surface area contributed by atoms with E-state index < -0.39 is 0 Å². The minimum absolute atomic E-state index is 0.159. The average Bonchev–Trinajstić information content (AvgIpc) is 2.37. The number of anilines is 1. The SMILES string of the molecule is CN(Cc1ccc(N)c(Br)c1)Cc1ccccc1F. The molecule has 2 nitrogen and oxygen atoms in total. The van der Waals surface area contributed by atoms with Crippen LogP contribution in [0.1, 0.15) is 11.1 Å². The molecule has 4 heteroatoms. The highest BCUT2D eigenvalue weighted by atomic mass is 79.9. The van der Waals surface area contributed by atoms with Crippen LogP contribution in [0.3, 0.4) is 0 Å². The molecular weight excluding hydrogens is 307 g/mol. The summed E-state index contributed by atoms with van der Waals surface area (Å²) in [5, 5.41) is 0. The topological polar surface area (TPSA) is 29.3 Å². The van der Waals surface area contributed by atoms with Crippen molar-refractivity contribution in [3.63, 3.8) is 0 Å². The second-order valence-corrected chi connectivity index (χ2v) is 5.47. The van der Waals surface area contributed by atoms with E-state index in [1.807, 2.05) is 37.4 Å². The molecular formula is C15H16BrFN2. The van der Waals surface area contributed by atoms with Gasteiger partial charge in [0.1, 0.15) is 5.82 Å². The lowest BCUT2D eigenvalue weighted by Gasteiger charge is -2.17. The standard InChI is InChI=1S/C15H16BrFN2/c1-19(10-12-4-2-3-5-14(12)17)9-11-6-7-15(18)13(16)8-11/h2-8H,9-10,18H2,1H3. The van der Waals surface area contributed by atoms with Crippen LogP contribution >= 0.6 is 15.9 Å². The number of hydrogen-bond acceptors (Lipinski definition) is 2. The molecule has 2 N–H and O–H groups in total. The fourth-order valence-corrected chi connectivity index (χ4v) is 2.38. The monoisotopic (exact) mass is 322 g/mol. The van der Waals surface area contributed by atoms with Crippen molar-refractivity contribution in [1.29, 1.82) is 0 Å². The first-order valence-corrected chi connectivity index (χ1v) is 6.81. The molecule has 0 saturated heterocycles. The summed E-state index contributed by atoms with van der Waals surface area (Å²) in [5.74, 6) is -0.159. The van der Waals surface area contributed by atoms with Crippen molar-refractivity contribution in [2.24, 2.45) is 0 Å². The van der Waals surface area contributed by atoms with Crippen molar-refractivity contribution < 1.29 is 4.39 Å². The third kappa shape index (κ3) is 3.78. The maximum Gasteiger partial charge on any atom is 0.127 e. The van der Waals surface area contributed by atoms with Crippen molar-refractivity contribution in [3.05, 3.63) is 63.9 Å². The molecule has 0 aromatic heterocycles. The molecule has 0 aliphatic heterocycles. The largest absolute Gasteiger partial charge is 0.398 e. The van der Waals surface area contributed by atoms with Gasteiger partial charge < -0.3 is 5.73 Å². The average molecular weight is 323 g/mol. The van der Waals surface area contributed by atoms with Crippen LogP contribution in [0.25, 0.3) is 0 Å². The number of halogens is 2. The molecule has 100 valence electrons. The Kier molecular flexibility index (Phi) is 4.56. The zero-order valence-electron chi connectivity index (χ0n) is 10.7. The van der Waals surface area contributed by atoms with E-state index in [-0.39, 0.29) is 5.82 Å². The molecule has 2 aromatic carbocycles. The van der Waals surface area contributed by atoms with E-state index in [9.17, 15) is 4.39 Å². The molecule has 0 heterocycles. The van der Waals surface area contributed by atoms with Gasteiger partial charge in [-0.2, -0.15) is 0 Å². The normalized spacial score (nSPS) is 10.9. The summed E-state index contributed by atoms with van der Waals surface area (Å²) < 4.78 is 14.4. The van der Waals surface area contributed by atoms with Crippen molar-refractivity contribution >= 4 is 21.6 Å². The number of nitrogens with two attached hydrogens (primary N) is 1. The van der Waals surface area contributed by atoms with Crippen LogP contribution in [0.2, 0.25) is 0 Å². The van der Waals surface area contributed by atoms with Gasteiger partial charge in [0.15, 0.2) is 0 Å². The highest BCUT2D eigenvalue weighted by Crippen LogP contribution is 2.21. The first-order chi connectivity index (χ1) is 9.06. The molecule has 2 rings (SSSR count). The van der Waals surface area contributed by atoms with E-state index in [2.05, 4.69) is 20.8 Å². The number of nitrogens with zero attached hydrogens (tertiary/aromatic N) is 1. The molecule has 0 aliphatic rings. The zero-order valence-corrected chi connectivity index (χ0v) is 12.3. The van der Waals surface area contributed by atoms with Gasteiger partial charge in [-0.25, -0.2) is 4.39 Å². The van der Waals surface area contributed by atoms with Gasteiger partial charge in [-0.1, -0.05) is 24.3 Å². The van der Waals surface area contributed by atoms with E-state index in [0.717, 1.165) is 22.3 Å². The molecule has 0 aliphatic carbocycles. The lowest BCUT2D eigenvalue weighted by Crippen LogP contribution is -2.18. The summed E-state index contributed by atoms with van der Waals surface area (Å²) in [4.78, 5) is 2.07. The smallest absolute Gasteiger partial charge is 0.127 e. The van der Waals surface area contributed by atoms with E-state index in [4.69, 9.17) is 5.73 Å². The Morgan fingerprint density at radius 1 is 1.16 bits per heavy atom. The summed E-state index contributed by atoms with van der Waals surface area (Å²) in [6.45, 7) is 1.32. The quantitative estimate of drug-likeness (QED) is 0.867. The van der Waals surface area contributed by atoms with E-state index >= 15 is 0 Å². The Labute approximate surface area is 121 Å². The summed E-state index contributed by atoms with van der Waals surface area (Å²) in [5.41, 5.74) is 8.32. The fourth-order valence-electron chi connectivity index (χ4n) is 1.95. The summed E-state index contributed by atoms with van der Waals surface area (Å²) in [6, 6.07) is 12.7. The second-order valence-electron chi connectivity index (χ2n) is 4.62. The molecule has 0 fully saturated rings. The van der Waals surface area contributed by atoms with E-state index in [1.165, 1.54) is 6.07 Å². The Hall–Kier alpha value is -1.39. The van der Waals surface area contributed by atoms with Crippen molar-refractivity contribution in [2.75, 3.05) is 12.8 Å². The van der Waals surface area contributed by atoms with Gasteiger partial charge in [-0.15, -0.1) is 0 Å². The van der Waals surface area contributed by atoms with Crippen LogP contribution in [-0.4, -0.2) is 11.9 Å². The predicted molar refractivity (Wildman–Crippen MR) is 80.1 cm³/mol. The third-order valence-corrected chi connectivity index (χ3v) is 3.60. The van der Waals surface area contributed by atoms with Gasteiger partial charge >= 0.3 is 0 Å². The molecule has 19 heavy (non-hydrogen) atoms. The first-order valence-electron chi connectivity index (χ1n) is 6.02. The molecule has 0 radical (unpaired) electrons. The highest BCUT2D eigenvalue weighted by Gasteiger charge is 2.06. The van der Waals surface area contributed by atoms with Crippen molar-refractivity contribution in [3.8, 4) is 0 Å². The molecule has 2 aromatic rings. The third-order valence-electron chi connectivity index (χ3n) is 2.92. The second kappa shape index (κ2) is 6.17. The summed E-state index contributed by atoms with van der Waals surface area (Å²) in [6.07, 6.45) is 0. The van der Waals surface area contributed by atoms with Crippen LogP contribution in [0.15, 0.2) is 46.9 Å². The Morgan fingerprint density at radius 3 is 2.58 bits per heavy atom. The van der Waals surface area contributed by atoms with Gasteiger partial charge in [-0.05, 0) is 46.7 Å². The highest BCUT2D eigenvalue weighted by molar-refractivity contribution is 9.10. The Balaban J connectivity index is 2.03. The number of benzene rings is 2. The molecule has 0 spiro atoms. The van der Waals surface area contributed by atoms with Crippen LogP contribution in [-0.2, 0) is 13.1 Å². The van der Waals surface area contributed by atoms with Gasteiger partial charge in [0, 0.05) is 28.8 Å². The van der Waals surface area contributed by atoms with E-state index in [1.54, 1.807) is 6.07 Å². The van der Waals surface area contributed by atoms with Gasteiger partial charge in [0.2, 0.25) is 0 Å². The molecule has 0 saturated carbocycles. The van der Waals surface area contributed by atoms with Crippen molar-refractivity contribution in [2.45, 2.75) is 13.1 Å². The van der Waals surface area contributed by atoms with Crippen molar-refractivity contribution in [1.82, 2.24) is 4.90 Å². The number of hydrogen-bond donors (Lipinski definition) is 1. The van der Waals surface area contributed by atoms with Crippen LogP contribution in [0.5, 0.6) is 0 Å². The molecule has 0 bridgehead atoms. The lowest BCUT2D eigenvalue weighted by atomic mass is 10.1. The number of rotatable bonds is 4. The molecule has 0 amide bonds. The zero-order chi connectivity index (χ0) is 13.8. The number of nitrogen functional groups attached to an aromatic ring is 1. The Bertz CT molecular complexity index is 572. The van der Waals surface area contributed by atoms with E-state index in [0.29, 0.717) is 12.1 Å². The Morgan fingerprint density at radius 2 is 1.89 bits per heavy atom. The maximum absolute atomic E-state index is 13.6. The summed E-state index contributed by atoms with van der Waals surface area (Å²) >= 11 is 3.41. The maximum atomic E-state index is 13.6. The van der Waals surface area contributed by atoms with Gasteiger partial charge in [-0.3, -0.25) is 4.90 Å². The predicted octanol–water partition coefficient (Wildman–Crippen LogP) is 3.80. The first kappa shape index (κ1) is 14.0. The minimum Gasteiger partial charge on any atom is -0.398 e. The molecule has 0 atom stereocenters. The fraction of sp³-hybridized carbons (Fsp3) is 0.200.